The molecule has 1 fully saturated rings. The van der Waals surface area contributed by atoms with Crippen LogP contribution < -0.4 is 9.64 Å². The maximum Gasteiger partial charge on any atom is 0.573 e. The number of carbonyl (C=O) groups excluding carboxylic acids is 1. The van der Waals surface area contributed by atoms with E-state index in [0.29, 0.717) is 98.9 Å². The summed E-state index contributed by atoms with van der Waals surface area (Å²) in [5, 5.41) is 0. The van der Waals surface area contributed by atoms with Crippen LogP contribution in [-0.2, 0) is 39.8 Å². The van der Waals surface area contributed by atoms with Crippen LogP contribution in [0.5, 0.6) is 5.75 Å². The molecule has 3 rings (SSSR count). The Kier molecular flexibility index (Phi) is 17.0. The first-order valence-electron chi connectivity index (χ1n) is 15.3. The highest BCUT2D eigenvalue weighted by atomic mass is 19.4. The number of nitrogens with zero attached hydrogens (tertiary/aromatic N) is 2. The van der Waals surface area contributed by atoms with Gasteiger partial charge < -0.3 is 38.1 Å². The van der Waals surface area contributed by atoms with Crippen molar-refractivity contribution in [1.29, 1.82) is 0 Å². The Balaban J connectivity index is 1.23. The molecule has 1 unspecified atom stereocenters. The first-order valence-corrected chi connectivity index (χ1v) is 15.3. The van der Waals surface area contributed by atoms with E-state index in [1.54, 1.807) is 19.1 Å². The van der Waals surface area contributed by atoms with Crippen LogP contribution in [0.15, 0.2) is 54.6 Å². The summed E-state index contributed by atoms with van der Waals surface area (Å²) >= 11 is 0. The Bertz CT molecular complexity index is 1050. The number of hydrogen-bond donors (Lipinski definition) is 0. The van der Waals surface area contributed by atoms with Crippen molar-refractivity contribution >= 4 is 11.7 Å². The number of carbonyl (C=O) groups is 1. The molecule has 0 N–H and O–H groups in total. The summed E-state index contributed by atoms with van der Waals surface area (Å²) in [5.74, 6) is -0.541. The van der Waals surface area contributed by atoms with Crippen LogP contribution in [0.2, 0.25) is 0 Å². The second kappa shape index (κ2) is 21.0. The Morgan fingerprint density at radius 2 is 1.31 bits per heavy atom. The van der Waals surface area contributed by atoms with E-state index in [-0.39, 0.29) is 24.2 Å². The molecule has 1 saturated heterocycles. The summed E-state index contributed by atoms with van der Waals surface area (Å²) < 4.78 is 74.5. The molecule has 0 aromatic heterocycles. The molecule has 252 valence electrons. The first kappa shape index (κ1) is 36.5. The fraction of sp³-hybridized carbons (Fsp3) is 0.594. The maximum absolute atomic E-state index is 12.4. The number of esters is 1. The normalized spacial score (nSPS) is 14.8. The standard InChI is InChI=1S/C32H45F3N2O8/c1-2-44-31(38)24-29(37-14-12-36(13-15-37)28-8-10-30(11-9-28)45-32(33,34)35)26-43-23-21-41-19-17-39-16-18-40-20-22-42-25-27-6-4-3-5-7-27/h3-11,29H,2,12-26H2,1H3. The van der Waals surface area contributed by atoms with Crippen LogP contribution in [0.25, 0.3) is 0 Å². The molecule has 0 radical (unpaired) electrons. The number of ether oxygens (including phenoxy) is 7. The van der Waals surface area contributed by atoms with Gasteiger partial charge in [-0.3, -0.25) is 9.69 Å². The number of halogens is 3. The van der Waals surface area contributed by atoms with Crippen molar-refractivity contribution in [1.82, 2.24) is 4.90 Å². The molecule has 1 atom stereocenters. The molecular formula is C32H45F3N2O8. The molecule has 1 heterocycles. The number of rotatable bonds is 22. The van der Waals surface area contributed by atoms with E-state index < -0.39 is 6.36 Å². The van der Waals surface area contributed by atoms with Gasteiger partial charge in [0.15, 0.2) is 0 Å². The maximum atomic E-state index is 12.4. The lowest BCUT2D eigenvalue weighted by Gasteiger charge is -2.40. The van der Waals surface area contributed by atoms with Gasteiger partial charge in [-0.25, -0.2) is 0 Å². The third kappa shape index (κ3) is 15.8. The quantitative estimate of drug-likeness (QED) is 0.137. The largest absolute Gasteiger partial charge is 0.573 e. The van der Waals surface area contributed by atoms with Gasteiger partial charge in [-0.1, -0.05) is 30.3 Å². The summed E-state index contributed by atoms with van der Waals surface area (Å²) in [7, 11) is 0. The van der Waals surface area contributed by atoms with Crippen LogP contribution in [0.3, 0.4) is 0 Å². The Morgan fingerprint density at radius 3 is 1.87 bits per heavy atom. The number of anilines is 1. The van der Waals surface area contributed by atoms with Crippen molar-refractivity contribution in [3.63, 3.8) is 0 Å². The average Bonchev–Trinajstić information content (AvgIpc) is 3.02. The van der Waals surface area contributed by atoms with Gasteiger partial charge in [-0.15, -0.1) is 13.2 Å². The average molecular weight is 643 g/mol. The number of benzene rings is 2. The first-order chi connectivity index (χ1) is 21.8. The lowest BCUT2D eigenvalue weighted by molar-refractivity contribution is -0.274. The highest BCUT2D eigenvalue weighted by Crippen LogP contribution is 2.26. The van der Waals surface area contributed by atoms with Crippen LogP contribution in [0.1, 0.15) is 18.9 Å². The van der Waals surface area contributed by atoms with Crippen molar-refractivity contribution in [3.8, 4) is 5.75 Å². The van der Waals surface area contributed by atoms with Crippen LogP contribution >= 0.6 is 0 Å². The second-order valence-corrected chi connectivity index (χ2v) is 10.2. The third-order valence-electron chi connectivity index (χ3n) is 6.88. The minimum atomic E-state index is -4.72. The lowest BCUT2D eigenvalue weighted by Crippen LogP contribution is -2.52. The number of piperazine rings is 1. The van der Waals surface area contributed by atoms with Gasteiger partial charge in [-0.05, 0) is 36.8 Å². The van der Waals surface area contributed by atoms with Crippen molar-refractivity contribution in [2.75, 3.05) is 97.1 Å². The highest BCUT2D eigenvalue weighted by Gasteiger charge is 2.31. The van der Waals surface area contributed by atoms with Gasteiger partial charge >= 0.3 is 12.3 Å². The Morgan fingerprint density at radius 1 is 0.756 bits per heavy atom. The van der Waals surface area contributed by atoms with Crippen molar-refractivity contribution in [2.24, 2.45) is 0 Å². The van der Waals surface area contributed by atoms with Crippen LogP contribution in [0.4, 0.5) is 18.9 Å². The molecule has 0 saturated carbocycles. The van der Waals surface area contributed by atoms with Crippen molar-refractivity contribution in [2.45, 2.75) is 32.4 Å². The van der Waals surface area contributed by atoms with E-state index in [9.17, 15) is 18.0 Å². The van der Waals surface area contributed by atoms with Crippen molar-refractivity contribution < 1.29 is 51.1 Å². The van der Waals surface area contributed by atoms with E-state index >= 15 is 0 Å². The zero-order valence-corrected chi connectivity index (χ0v) is 25.9. The predicted molar refractivity (Wildman–Crippen MR) is 161 cm³/mol. The summed E-state index contributed by atoms with van der Waals surface area (Å²) in [4.78, 5) is 16.5. The summed E-state index contributed by atoms with van der Waals surface area (Å²) in [6.45, 7) is 9.23. The zero-order chi connectivity index (χ0) is 32.2. The van der Waals surface area contributed by atoms with Gasteiger partial charge in [0.1, 0.15) is 5.75 Å². The number of alkyl halides is 3. The van der Waals surface area contributed by atoms with E-state index in [2.05, 4.69) is 14.5 Å². The zero-order valence-electron chi connectivity index (χ0n) is 25.9. The Labute approximate surface area is 263 Å². The molecular weight excluding hydrogens is 597 g/mol. The smallest absolute Gasteiger partial charge is 0.466 e. The molecule has 45 heavy (non-hydrogen) atoms. The van der Waals surface area contributed by atoms with E-state index in [1.807, 2.05) is 30.3 Å². The predicted octanol–water partition coefficient (Wildman–Crippen LogP) is 4.31. The molecule has 13 heteroatoms. The van der Waals surface area contributed by atoms with Gasteiger partial charge in [0.05, 0.1) is 79.1 Å². The molecule has 0 aliphatic carbocycles. The molecule has 1 aliphatic heterocycles. The van der Waals surface area contributed by atoms with Gasteiger partial charge in [0, 0.05) is 37.9 Å². The molecule has 0 bridgehead atoms. The lowest BCUT2D eigenvalue weighted by atomic mass is 10.1. The minimum Gasteiger partial charge on any atom is -0.466 e. The second-order valence-electron chi connectivity index (χ2n) is 10.2. The third-order valence-corrected chi connectivity index (χ3v) is 6.88. The molecule has 2 aromatic carbocycles. The molecule has 1 aliphatic rings. The summed E-state index contributed by atoms with van der Waals surface area (Å²) in [6, 6.07) is 15.6. The SMILES string of the molecule is CCOC(=O)CC(COCCOCCOCCOCCOCc1ccccc1)N1CCN(c2ccc(OC(F)(F)F)cc2)CC1. The van der Waals surface area contributed by atoms with Gasteiger partial charge in [0.25, 0.3) is 0 Å². The molecule has 10 nitrogen and oxygen atoms in total. The monoisotopic (exact) mass is 642 g/mol. The fourth-order valence-electron chi connectivity index (χ4n) is 4.67. The Hall–Kier alpha value is -2.94. The minimum absolute atomic E-state index is 0.166. The van der Waals surface area contributed by atoms with E-state index in [1.165, 1.54) is 12.1 Å². The molecule has 2 aromatic rings. The van der Waals surface area contributed by atoms with Gasteiger partial charge in [-0.2, -0.15) is 0 Å². The topological polar surface area (TPSA) is 88.2 Å². The van der Waals surface area contributed by atoms with E-state index in [0.717, 1.165) is 11.3 Å². The summed E-state index contributed by atoms with van der Waals surface area (Å²) in [5.41, 5.74) is 1.94. The van der Waals surface area contributed by atoms with E-state index in [4.69, 9.17) is 28.4 Å². The summed E-state index contributed by atoms with van der Waals surface area (Å²) in [6.07, 6.45) is -4.52. The molecule has 0 amide bonds. The van der Waals surface area contributed by atoms with Gasteiger partial charge in [0.2, 0.25) is 0 Å². The van der Waals surface area contributed by atoms with Crippen molar-refractivity contribution in [3.05, 3.63) is 60.2 Å². The fourth-order valence-corrected chi connectivity index (χ4v) is 4.67. The number of hydrogen-bond acceptors (Lipinski definition) is 10. The van der Waals surface area contributed by atoms with Crippen LogP contribution in [0, 0.1) is 0 Å². The van der Waals surface area contributed by atoms with Crippen LogP contribution in [-0.4, -0.2) is 116 Å². The highest BCUT2D eigenvalue weighted by molar-refractivity contribution is 5.70. The molecule has 0 spiro atoms.